The molecule has 1 aliphatic heterocycles. The molecule has 2 aromatic heterocycles. The number of H-pyrrole nitrogens is 1. The Morgan fingerprint density at radius 3 is 2.82 bits per heavy atom. The second-order valence-electron chi connectivity index (χ2n) is 7.05. The number of ether oxygens (including phenoxy) is 1. The molecule has 1 aromatic carbocycles. The maximum Gasteiger partial charge on any atom is 0.307 e. The first-order valence-corrected chi connectivity index (χ1v) is 9.74. The maximum absolute atomic E-state index is 12.6. The number of nitrogens with zero attached hydrogens (tertiary/aromatic N) is 2. The highest BCUT2D eigenvalue weighted by atomic mass is 35.5. The van der Waals surface area contributed by atoms with Gasteiger partial charge in [-0.2, -0.15) is 0 Å². The van der Waals surface area contributed by atoms with Crippen molar-refractivity contribution in [3.63, 3.8) is 0 Å². The number of methoxy groups -OCH3 is 1. The van der Waals surface area contributed by atoms with Crippen LogP contribution in [0, 0.1) is 0 Å². The lowest BCUT2D eigenvalue weighted by Crippen LogP contribution is -2.37. The van der Waals surface area contributed by atoms with Gasteiger partial charge in [0.1, 0.15) is 5.75 Å². The third kappa shape index (κ3) is 3.45. The molecule has 7 heteroatoms. The lowest BCUT2D eigenvalue weighted by Gasteiger charge is -2.19. The molecule has 3 aromatic rings. The summed E-state index contributed by atoms with van der Waals surface area (Å²) < 4.78 is 6.91. The van der Waals surface area contributed by atoms with E-state index in [1.54, 1.807) is 23.8 Å². The number of aliphatic hydroxyl groups excluding tert-OH is 1. The van der Waals surface area contributed by atoms with Crippen molar-refractivity contribution in [1.29, 1.82) is 0 Å². The molecule has 1 atom stereocenters. The predicted octanol–water partition coefficient (Wildman–Crippen LogP) is 2.49. The second kappa shape index (κ2) is 7.81. The van der Waals surface area contributed by atoms with E-state index >= 15 is 0 Å². The summed E-state index contributed by atoms with van der Waals surface area (Å²) in [5.74, 6) is 1.52. The SMILES string of the molecule is COc1ccc(Cn2c(=O)ccc3ccc(N4CCCC4CO)[nH+]c32)cc1Cl. The van der Waals surface area contributed by atoms with Gasteiger partial charge in [-0.15, -0.1) is 0 Å². The molecule has 1 saturated heterocycles. The highest BCUT2D eigenvalue weighted by Crippen LogP contribution is 2.26. The lowest BCUT2D eigenvalue weighted by molar-refractivity contribution is -0.336. The van der Waals surface area contributed by atoms with Crippen LogP contribution >= 0.6 is 11.6 Å². The van der Waals surface area contributed by atoms with Crippen molar-refractivity contribution < 1.29 is 14.8 Å². The van der Waals surface area contributed by atoms with Gasteiger partial charge in [0.25, 0.3) is 0 Å². The Morgan fingerprint density at radius 2 is 2.07 bits per heavy atom. The van der Waals surface area contributed by atoms with Gasteiger partial charge in [0.2, 0.25) is 11.5 Å². The van der Waals surface area contributed by atoms with Crippen LogP contribution < -0.4 is 20.2 Å². The zero-order valence-electron chi connectivity index (χ0n) is 15.7. The number of nitrogens with one attached hydrogen (secondary N) is 1. The predicted molar refractivity (Wildman–Crippen MR) is 109 cm³/mol. The van der Waals surface area contributed by atoms with E-state index in [0.29, 0.717) is 17.3 Å². The number of benzene rings is 1. The van der Waals surface area contributed by atoms with Crippen LogP contribution in [0.2, 0.25) is 5.02 Å². The standard InChI is InChI=1S/C21H22ClN3O3/c1-28-18-7-4-14(11-17(18)22)12-25-20(27)9-6-15-5-8-19(23-21(15)25)24-10-2-3-16(24)13-26/h4-9,11,16,26H,2-3,10,12-13H2,1H3/p+1. The van der Waals surface area contributed by atoms with Crippen molar-refractivity contribution in [2.75, 3.05) is 25.2 Å². The van der Waals surface area contributed by atoms with Gasteiger partial charge in [-0.1, -0.05) is 17.7 Å². The number of anilines is 1. The highest BCUT2D eigenvalue weighted by Gasteiger charge is 2.29. The van der Waals surface area contributed by atoms with Crippen molar-refractivity contribution in [3.05, 3.63) is 63.4 Å². The molecule has 3 heterocycles. The smallest absolute Gasteiger partial charge is 0.307 e. The van der Waals surface area contributed by atoms with Crippen LogP contribution in [0.1, 0.15) is 18.4 Å². The van der Waals surface area contributed by atoms with Crippen molar-refractivity contribution in [2.24, 2.45) is 0 Å². The molecule has 0 spiro atoms. The Kier molecular flexibility index (Phi) is 5.24. The molecular weight excluding hydrogens is 378 g/mol. The molecule has 2 N–H and O–H groups in total. The van der Waals surface area contributed by atoms with Gasteiger partial charge in [-0.05, 0) is 42.7 Å². The summed E-state index contributed by atoms with van der Waals surface area (Å²) >= 11 is 6.25. The van der Waals surface area contributed by atoms with Crippen LogP contribution in [0.3, 0.4) is 0 Å². The summed E-state index contributed by atoms with van der Waals surface area (Å²) in [6, 6.07) is 13.0. The van der Waals surface area contributed by atoms with Crippen molar-refractivity contribution in [1.82, 2.24) is 4.57 Å². The molecule has 0 radical (unpaired) electrons. The summed E-state index contributed by atoms with van der Waals surface area (Å²) in [6.45, 7) is 1.40. The van der Waals surface area contributed by atoms with Gasteiger partial charge in [0.05, 0.1) is 37.9 Å². The van der Waals surface area contributed by atoms with Crippen LogP contribution in [0.15, 0.2) is 47.3 Å². The average molecular weight is 401 g/mol. The van der Waals surface area contributed by atoms with Crippen molar-refractivity contribution >= 4 is 28.5 Å². The van der Waals surface area contributed by atoms with E-state index < -0.39 is 0 Å². The molecule has 0 amide bonds. The van der Waals surface area contributed by atoms with Crippen LogP contribution in [-0.2, 0) is 6.54 Å². The van der Waals surface area contributed by atoms with Crippen LogP contribution in [0.25, 0.3) is 11.0 Å². The normalized spacial score (nSPS) is 16.7. The molecule has 28 heavy (non-hydrogen) atoms. The van der Waals surface area contributed by atoms with E-state index in [1.165, 1.54) is 0 Å². The minimum absolute atomic E-state index is 0.0898. The fourth-order valence-electron chi connectivity index (χ4n) is 3.86. The number of aromatic amines is 1. The zero-order chi connectivity index (χ0) is 19.7. The van der Waals surface area contributed by atoms with Gasteiger partial charge in [-0.3, -0.25) is 9.69 Å². The zero-order valence-corrected chi connectivity index (χ0v) is 16.4. The maximum atomic E-state index is 12.6. The minimum Gasteiger partial charge on any atom is -0.495 e. The summed E-state index contributed by atoms with van der Waals surface area (Å²) in [5, 5.41) is 11.1. The number of hydrogen-bond acceptors (Lipinski definition) is 4. The number of pyridine rings is 2. The molecule has 0 saturated carbocycles. The van der Waals surface area contributed by atoms with Gasteiger partial charge >= 0.3 is 5.56 Å². The number of rotatable bonds is 5. The third-order valence-electron chi connectivity index (χ3n) is 5.34. The molecular formula is C21H23ClN3O3+. The molecule has 6 nitrogen and oxygen atoms in total. The summed E-state index contributed by atoms with van der Waals surface area (Å²) in [5.41, 5.74) is 1.57. The second-order valence-corrected chi connectivity index (χ2v) is 7.45. The highest BCUT2D eigenvalue weighted by molar-refractivity contribution is 6.32. The number of aromatic nitrogens is 2. The molecule has 146 valence electrons. The van der Waals surface area contributed by atoms with Gasteiger partial charge < -0.3 is 9.84 Å². The molecule has 0 bridgehead atoms. The first kappa shape index (κ1) is 18.8. The topological polar surface area (TPSA) is 68.8 Å². The fourth-order valence-corrected chi connectivity index (χ4v) is 4.14. The summed E-state index contributed by atoms with van der Waals surface area (Å²) in [4.78, 5) is 18.2. The first-order chi connectivity index (χ1) is 13.6. The number of hydrogen-bond donors (Lipinski definition) is 1. The van der Waals surface area contributed by atoms with E-state index in [2.05, 4.69) is 9.88 Å². The molecule has 1 unspecified atom stereocenters. The van der Waals surface area contributed by atoms with Crippen LogP contribution in [0.4, 0.5) is 5.82 Å². The van der Waals surface area contributed by atoms with Crippen LogP contribution in [0.5, 0.6) is 5.75 Å². The molecule has 0 aliphatic carbocycles. The monoisotopic (exact) mass is 400 g/mol. The fraction of sp³-hybridized carbons (Fsp3) is 0.333. The Bertz CT molecular complexity index is 1070. The summed E-state index contributed by atoms with van der Waals surface area (Å²) in [7, 11) is 1.57. The van der Waals surface area contributed by atoms with E-state index in [0.717, 1.165) is 41.8 Å². The van der Waals surface area contributed by atoms with E-state index in [-0.39, 0.29) is 18.2 Å². The number of fused-ring (bicyclic) bond motifs is 1. The summed E-state index contributed by atoms with van der Waals surface area (Å²) in [6.07, 6.45) is 2.01. The van der Waals surface area contributed by atoms with E-state index in [4.69, 9.17) is 16.3 Å². The number of halogens is 1. The molecule has 4 rings (SSSR count). The van der Waals surface area contributed by atoms with E-state index in [9.17, 15) is 9.90 Å². The number of aliphatic hydroxyl groups is 1. The minimum atomic E-state index is -0.0898. The average Bonchev–Trinajstić information content (AvgIpc) is 3.19. The third-order valence-corrected chi connectivity index (χ3v) is 5.63. The Labute approximate surface area is 168 Å². The Hall–Kier alpha value is -2.57. The Balaban J connectivity index is 1.76. The largest absolute Gasteiger partial charge is 0.495 e. The molecule has 1 aliphatic rings. The van der Waals surface area contributed by atoms with Crippen molar-refractivity contribution in [2.45, 2.75) is 25.4 Å². The van der Waals surface area contributed by atoms with Crippen LogP contribution in [-0.4, -0.2) is 36.0 Å². The quantitative estimate of drug-likeness (QED) is 0.714. The Morgan fingerprint density at radius 1 is 1.25 bits per heavy atom. The van der Waals surface area contributed by atoms with Gasteiger partial charge in [-0.25, -0.2) is 9.55 Å². The van der Waals surface area contributed by atoms with E-state index in [1.807, 2.05) is 30.3 Å². The first-order valence-electron chi connectivity index (χ1n) is 9.36. The van der Waals surface area contributed by atoms with Crippen molar-refractivity contribution in [3.8, 4) is 5.75 Å². The van der Waals surface area contributed by atoms with Gasteiger partial charge in [0.15, 0.2) is 0 Å². The molecule has 1 fully saturated rings. The van der Waals surface area contributed by atoms with Gasteiger partial charge in [0, 0.05) is 17.5 Å². The lowest BCUT2D eigenvalue weighted by atomic mass is 10.2.